The van der Waals surface area contributed by atoms with E-state index in [1.165, 1.54) is 35.2 Å². The minimum Gasteiger partial charge on any atom is -0.406 e. The molecule has 0 saturated carbocycles. The molecule has 0 radical (unpaired) electrons. The molecule has 0 bridgehead atoms. The molecule has 0 saturated heterocycles. The van der Waals surface area contributed by atoms with Gasteiger partial charge in [0.25, 0.3) is 0 Å². The molecule has 1 N–H and O–H groups in total. The third-order valence-corrected chi connectivity index (χ3v) is 4.79. The number of ether oxygens (including phenoxy) is 1. The lowest BCUT2D eigenvalue weighted by Crippen LogP contribution is -2.17. The summed E-state index contributed by atoms with van der Waals surface area (Å²) in [4.78, 5) is 0. The molecule has 124 valence electrons. The highest BCUT2D eigenvalue weighted by Crippen LogP contribution is 2.38. The molecule has 0 fully saturated rings. The molecular formula is C14H14F3N3OS2. The zero-order chi connectivity index (χ0) is 16.9. The van der Waals surface area contributed by atoms with Crippen LogP contribution in [-0.4, -0.2) is 23.1 Å². The van der Waals surface area contributed by atoms with Crippen molar-refractivity contribution in [3.05, 3.63) is 42.5 Å². The number of nitrogens with zero attached hydrogens (tertiary/aromatic N) is 2. The zero-order valence-electron chi connectivity index (χ0n) is 12.1. The fraction of sp³-hybridized carbons (Fsp3) is 0.286. The summed E-state index contributed by atoms with van der Waals surface area (Å²) < 4.78 is 41.0. The molecule has 9 heteroatoms. The van der Waals surface area contributed by atoms with Crippen LogP contribution in [0.1, 0.15) is 17.7 Å². The zero-order valence-corrected chi connectivity index (χ0v) is 13.8. The molecule has 0 spiro atoms. The Balaban J connectivity index is 1.96. The van der Waals surface area contributed by atoms with Gasteiger partial charge >= 0.3 is 6.36 Å². The summed E-state index contributed by atoms with van der Waals surface area (Å²) in [7, 11) is 0. The van der Waals surface area contributed by atoms with E-state index in [4.69, 9.17) is 0 Å². The number of hydrogen-bond acceptors (Lipinski definition) is 6. The topological polar surface area (TPSA) is 47.0 Å². The van der Waals surface area contributed by atoms with Crippen molar-refractivity contribution in [3.8, 4) is 5.75 Å². The van der Waals surface area contributed by atoms with E-state index in [1.807, 2.05) is 6.92 Å². The van der Waals surface area contributed by atoms with Gasteiger partial charge in [-0.1, -0.05) is 41.3 Å². The van der Waals surface area contributed by atoms with Crippen LogP contribution in [-0.2, 0) is 0 Å². The Hall–Kier alpha value is -1.74. The van der Waals surface area contributed by atoms with Crippen molar-refractivity contribution < 1.29 is 17.9 Å². The van der Waals surface area contributed by atoms with Gasteiger partial charge in [-0.2, -0.15) is 0 Å². The van der Waals surface area contributed by atoms with Gasteiger partial charge < -0.3 is 10.1 Å². The molecule has 23 heavy (non-hydrogen) atoms. The Morgan fingerprint density at radius 1 is 1.35 bits per heavy atom. The normalized spacial score (nSPS) is 12.7. The van der Waals surface area contributed by atoms with Crippen molar-refractivity contribution in [2.24, 2.45) is 0 Å². The molecule has 1 aromatic carbocycles. The number of aromatic nitrogens is 2. The first-order valence-corrected chi connectivity index (χ1v) is 8.27. The van der Waals surface area contributed by atoms with Crippen LogP contribution in [0.3, 0.4) is 0 Å². The van der Waals surface area contributed by atoms with Crippen molar-refractivity contribution in [2.45, 2.75) is 22.9 Å². The molecule has 0 aliphatic carbocycles. The summed E-state index contributed by atoms with van der Waals surface area (Å²) in [6.07, 6.45) is -2.95. The number of alkyl halides is 3. The lowest BCUT2D eigenvalue weighted by molar-refractivity contribution is -0.274. The van der Waals surface area contributed by atoms with Gasteiger partial charge in [-0.25, -0.2) is 0 Å². The standard InChI is InChI=1S/C14H14F3N3OS2/c1-3-8-18-12-19-20-13(23-12)22-9(2)10-4-6-11(7-5-10)21-14(15,16)17/h3-7,9H,1,8H2,2H3,(H,18,19). The minimum atomic E-state index is -4.68. The largest absolute Gasteiger partial charge is 0.573 e. The lowest BCUT2D eigenvalue weighted by Gasteiger charge is -2.12. The molecule has 0 aliphatic heterocycles. The highest BCUT2D eigenvalue weighted by Gasteiger charge is 2.31. The molecule has 2 rings (SSSR count). The second-order valence-electron chi connectivity index (χ2n) is 4.42. The van der Waals surface area contributed by atoms with Crippen LogP contribution in [0.5, 0.6) is 5.75 Å². The van der Waals surface area contributed by atoms with E-state index in [0.717, 1.165) is 9.90 Å². The molecule has 1 unspecified atom stereocenters. The number of anilines is 1. The third kappa shape index (κ3) is 5.76. The highest BCUT2D eigenvalue weighted by atomic mass is 32.2. The van der Waals surface area contributed by atoms with Crippen molar-refractivity contribution in [1.29, 1.82) is 0 Å². The van der Waals surface area contributed by atoms with E-state index in [2.05, 4.69) is 26.8 Å². The highest BCUT2D eigenvalue weighted by molar-refractivity contribution is 8.01. The Morgan fingerprint density at radius 3 is 2.65 bits per heavy atom. The van der Waals surface area contributed by atoms with Gasteiger partial charge in [-0.15, -0.1) is 29.9 Å². The second-order valence-corrected chi connectivity index (χ2v) is 6.99. The van der Waals surface area contributed by atoms with Crippen molar-refractivity contribution in [2.75, 3.05) is 11.9 Å². The molecule has 4 nitrogen and oxygen atoms in total. The van der Waals surface area contributed by atoms with E-state index in [9.17, 15) is 13.2 Å². The molecule has 0 amide bonds. The first kappa shape index (κ1) is 17.6. The van der Waals surface area contributed by atoms with E-state index < -0.39 is 6.36 Å². The predicted molar refractivity (Wildman–Crippen MR) is 86.0 cm³/mol. The van der Waals surface area contributed by atoms with Crippen LogP contribution in [0, 0.1) is 0 Å². The van der Waals surface area contributed by atoms with Crippen molar-refractivity contribution in [3.63, 3.8) is 0 Å². The monoisotopic (exact) mass is 361 g/mol. The fourth-order valence-electron chi connectivity index (χ4n) is 1.65. The number of nitrogens with one attached hydrogen (secondary N) is 1. The van der Waals surface area contributed by atoms with Crippen LogP contribution in [0.2, 0.25) is 0 Å². The van der Waals surface area contributed by atoms with Gasteiger partial charge in [-0.3, -0.25) is 0 Å². The van der Waals surface area contributed by atoms with Crippen molar-refractivity contribution >= 4 is 28.2 Å². The maximum absolute atomic E-state index is 12.1. The maximum atomic E-state index is 12.1. The van der Waals surface area contributed by atoms with Crippen molar-refractivity contribution in [1.82, 2.24) is 10.2 Å². The summed E-state index contributed by atoms with van der Waals surface area (Å²) in [6, 6.07) is 5.82. The Labute approximate surface area is 139 Å². The van der Waals surface area contributed by atoms with E-state index in [1.54, 1.807) is 18.2 Å². The van der Waals surface area contributed by atoms with Crippen LogP contribution in [0.25, 0.3) is 0 Å². The van der Waals surface area contributed by atoms with E-state index >= 15 is 0 Å². The SMILES string of the molecule is C=CCNc1nnc(SC(C)c2ccc(OC(F)(F)F)cc2)s1. The van der Waals surface area contributed by atoms with Gasteiger partial charge in [0.1, 0.15) is 5.75 Å². The summed E-state index contributed by atoms with van der Waals surface area (Å²) >= 11 is 2.90. The lowest BCUT2D eigenvalue weighted by atomic mass is 10.2. The van der Waals surface area contributed by atoms with Crippen LogP contribution in [0.15, 0.2) is 41.3 Å². The summed E-state index contributed by atoms with van der Waals surface area (Å²) in [5.74, 6) is -0.231. The Bertz CT molecular complexity index is 643. The number of rotatable bonds is 7. The maximum Gasteiger partial charge on any atom is 0.573 e. The van der Waals surface area contributed by atoms with Crippen LogP contribution < -0.4 is 10.1 Å². The fourth-order valence-corrected chi connectivity index (χ4v) is 3.68. The Kier molecular flexibility index (Phi) is 5.89. The molecular weight excluding hydrogens is 347 g/mol. The van der Waals surface area contributed by atoms with E-state index in [-0.39, 0.29) is 11.0 Å². The first-order valence-electron chi connectivity index (χ1n) is 6.58. The number of hydrogen-bond donors (Lipinski definition) is 1. The minimum absolute atomic E-state index is 0.0233. The molecule has 2 aromatic rings. The van der Waals surface area contributed by atoms with Gasteiger partial charge in [-0.05, 0) is 24.6 Å². The van der Waals surface area contributed by atoms with E-state index in [0.29, 0.717) is 11.7 Å². The third-order valence-electron chi connectivity index (χ3n) is 2.66. The number of halogens is 3. The van der Waals surface area contributed by atoms with Gasteiger partial charge in [0.05, 0.1) is 0 Å². The summed E-state index contributed by atoms with van der Waals surface area (Å²) in [6.45, 7) is 6.16. The molecule has 0 aliphatic rings. The first-order chi connectivity index (χ1) is 10.9. The predicted octanol–water partition coefficient (Wildman–Crippen LogP) is 4.89. The van der Waals surface area contributed by atoms with Crippen LogP contribution in [0.4, 0.5) is 18.3 Å². The molecule has 1 atom stereocenters. The quantitative estimate of drug-likeness (QED) is 0.562. The number of thioether (sulfide) groups is 1. The van der Waals surface area contributed by atoms with Gasteiger partial charge in [0.2, 0.25) is 5.13 Å². The van der Waals surface area contributed by atoms with Gasteiger partial charge in [0.15, 0.2) is 4.34 Å². The summed E-state index contributed by atoms with van der Waals surface area (Å²) in [5.41, 5.74) is 0.875. The van der Waals surface area contributed by atoms with Crippen LogP contribution >= 0.6 is 23.1 Å². The smallest absolute Gasteiger partial charge is 0.406 e. The average molecular weight is 361 g/mol. The number of benzene rings is 1. The second kappa shape index (κ2) is 7.69. The van der Waals surface area contributed by atoms with Gasteiger partial charge in [0, 0.05) is 11.8 Å². The summed E-state index contributed by atoms with van der Waals surface area (Å²) in [5, 5.41) is 11.8. The molecule has 1 aromatic heterocycles. The Morgan fingerprint density at radius 2 is 2.04 bits per heavy atom. The molecule has 1 heterocycles. The average Bonchev–Trinajstić information content (AvgIpc) is 2.91.